The molecular formula is C10H6ClF3N2O. The van der Waals surface area contributed by atoms with Crippen LogP contribution in [0.2, 0.25) is 5.02 Å². The van der Waals surface area contributed by atoms with Crippen molar-refractivity contribution in [2.45, 2.75) is 6.36 Å². The Morgan fingerprint density at radius 1 is 1.18 bits per heavy atom. The van der Waals surface area contributed by atoms with E-state index in [9.17, 15) is 13.2 Å². The summed E-state index contributed by atoms with van der Waals surface area (Å²) >= 11 is 5.67. The lowest BCUT2D eigenvalue weighted by Crippen LogP contribution is -2.17. The van der Waals surface area contributed by atoms with Gasteiger partial charge in [-0.25, -0.2) is 4.68 Å². The Balaban J connectivity index is 2.19. The van der Waals surface area contributed by atoms with Crippen molar-refractivity contribution in [2.75, 3.05) is 0 Å². The van der Waals surface area contributed by atoms with Crippen LogP contribution in [0, 0.1) is 0 Å². The van der Waals surface area contributed by atoms with Gasteiger partial charge in [0, 0.05) is 6.20 Å². The summed E-state index contributed by atoms with van der Waals surface area (Å²) in [6, 6.07) is 5.31. The summed E-state index contributed by atoms with van der Waals surface area (Å²) in [5.74, 6) is -0.278. The predicted molar refractivity (Wildman–Crippen MR) is 55.3 cm³/mol. The summed E-state index contributed by atoms with van der Waals surface area (Å²) in [6.45, 7) is 0. The molecule has 90 valence electrons. The Labute approximate surface area is 99.4 Å². The number of nitrogens with zero attached hydrogens (tertiary/aromatic N) is 2. The van der Waals surface area contributed by atoms with Gasteiger partial charge in [0.2, 0.25) is 0 Å². The summed E-state index contributed by atoms with van der Waals surface area (Å²) < 4.78 is 40.9. The molecule has 0 radical (unpaired) electrons. The van der Waals surface area contributed by atoms with Gasteiger partial charge in [0.25, 0.3) is 0 Å². The minimum absolute atomic E-state index is 0.278. The molecule has 0 bridgehead atoms. The van der Waals surface area contributed by atoms with Crippen molar-refractivity contribution in [3.05, 3.63) is 41.7 Å². The van der Waals surface area contributed by atoms with Crippen LogP contribution in [0.15, 0.2) is 36.7 Å². The first-order chi connectivity index (χ1) is 7.94. The van der Waals surface area contributed by atoms with E-state index in [1.165, 1.54) is 35.1 Å². The summed E-state index contributed by atoms with van der Waals surface area (Å²) in [6.07, 6.45) is -1.71. The zero-order valence-corrected chi connectivity index (χ0v) is 9.03. The second-order valence-corrected chi connectivity index (χ2v) is 3.58. The van der Waals surface area contributed by atoms with Crippen LogP contribution in [0.1, 0.15) is 0 Å². The number of rotatable bonds is 2. The average Bonchev–Trinajstić information content (AvgIpc) is 2.63. The first-order valence-corrected chi connectivity index (χ1v) is 4.88. The molecule has 3 nitrogen and oxygen atoms in total. The second kappa shape index (κ2) is 4.29. The lowest BCUT2D eigenvalue weighted by atomic mass is 10.3. The topological polar surface area (TPSA) is 27.1 Å². The first-order valence-electron chi connectivity index (χ1n) is 4.50. The van der Waals surface area contributed by atoms with Crippen molar-refractivity contribution < 1.29 is 17.9 Å². The highest BCUT2D eigenvalue weighted by atomic mass is 35.5. The lowest BCUT2D eigenvalue weighted by Gasteiger charge is -2.09. The molecule has 0 saturated carbocycles. The van der Waals surface area contributed by atoms with E-state index in [0.29, 0.717) is 10.7 Å². The van der Waals surface area contributed by atoms with Gasteiger partial charge in [-0.05, 0) is 24.3 Å². The van der Waals surface area contributed by atoms with Crippen LogP contribution < -0.4 is 4.74 Å². The van der Waals surface area contributed by atoms with E-state index < -0.39 is 6.36 Å². The van der Waals surface area contributed by atoms with Gasteiger partial charge in [0.05, 0.1) is 16.9 Å². The van der Waals surface area contributed by atoms with Gasteiger partial charge in [-0.2, -0.15) is 5.10 Å². The molecule has 0 aliphatic carbocycles. The first kappa shape index (κ1) is 11.8. The van der Waals surface area contributed by atoms with Crippen molar-refractivity contribution in [1.82, 2.24) is 9.78 Å². The van der Waals surface area contributed by atoms with E-state index in [-0.39, 0.29) is 5.75 Å². The molecular weight excluding hydrogens is 257 g/mol. The van der Waals surface area contributed by atoms with Gasteiger partial charge < -0.3 is 4.74 Å². The number of ether oxygens (including phenoxy) is 1. The monoisotopic (exact) mass is 262 g/mol. The van der Waals surface area contributed by atoms with Gasteiger partial charge in [-0.1, -0.05) is 11.6 Å². The standard InChI is InChI=1S/C10H6ClF3N2O/c11-7-5-15-16(6-7)8-1-3-9(4-2-8)17-10(12,13)14/h1-6H. The smallest absolute Gasteiger partial charge is 0.406 e. The Morgan fingerprint density at radius 2 is 1.82 bits per heavy atom. The van der Waals surface area contributed by atoms with Crippen LogP contribution in [0.4, 0.5) is 13.2 Å². The van der Waals surface area contributed by atoms with E-state index in [4.69, 9.17) is 11.6 Å². The highest BCUT2D eigenvalue weighted by Gasteiger charge is 2.30. The minimum atomic E-state index is -4.68. The van der Waals surface area contributed by atoms with Crippen LogP contribution in [0.25, 0.3) is 5.69 Å². The maximum absolute atomic E-state index is 11.9. The minimum Gasteiger partial charge on any atom is -0.406 e. The molecule has 0 amide bonds. The van der Waals surface area contributed by atoms with Crippen molar-refractivity contribution in [2.24, 2.45) is 0 Å². The van der Waals surface area contributed by atoms with E-state index in [1.54, 1.807) is 6.20 Å². The van der Waals surface area contributed by atoms with Crippen molar-refractivity contribution in [3.63, 3.8) is 0 Å². The van der Waals surface area contributed by atoms with Gasteiger partial charge in [0.15, 0.2) is 0 Å². The lowest BCUT2D eigenvalue weighted by molar-refractivity contribution is -0.274. The molecule has 17 heavy (non-hydrogen) atoms. The molecule has 0 fully saturated rings. The summed E-state index contributed by atoms with van der Waals surface area (Å²) in [7, 11) is 0. The van der Waals surface area contributed by atoms with Crippen LogP contribution >= 0.6 is 11.6 Å². The zero-order valence-electron chi connectivity index (χ0n) is 8.28. The van der Waals surface area contributed by atoms with Gasteiger partial charge >= 0.3 is 6.36 Å². The molecule has 0 aliphatic rings. The third-order valence-corrected chi connectivity index (χ3v) is 2.08. The van der Waals surface area contributed by atoms with Crippen molar-refractivity contribution in [3.8, 4) is 11.4 Å². The maximum Gasteiger partial charge on any atom is 0.573 e. The van der Waals surface area contributed by atoms with Gasteiger partial charge in [-0.15, -0.1) is 13.2 Å². The number of benzene rings is 1. The molecule has 0 unspecified atom stereocenters. The molecule has 0 N–H and O–H groups in total. The zero-order chi connectivity index (χ0) is 12.5. The second-order valence-electron chi connectivity index (χ2n) is 3.14. The Bertz CT molecular complexity index is 507. The van der Waals surface area contributed by atoms with Crippen LogP contribution in [0.3, 0.4) is 0 Å². The third-order valence-electron chi connectivity index (χ3n) is 1.89. The fraction of sp³-hybridized carbons (Fsp3) is 0.100. The fourth-order valence-corrected chi connectivity index (χ4v) is 1.38. The number of hydrogen-bond acceptors (Lipinski definition) is 2. The molecule has 0 aliphatic heterocycles. The molecule has 0 atom stereocenters. The molecule has 0 saturated heterocycles. The van der Waals surface area contributed by atoms with Gasteiger partial charge in [-0.3, -0.25) is 0 Å². The van der Waals surface area contributed by atoms with Crippen molar-refractivity contribution >= 4 is 11.6 Å². The quantitative estimate of drug-likeness (QED) is 0.829. The summed E-state index contributed by atoms with van der Waals surface area (Å²) in [5.41, 5.74) is 0.589. The maximum atomic E-state index is 11.9. The third kappa shape index (κ3) is 3.13. The molecule has 1 aromatic carbocycles. The largest absolute Gasteiger partial charge is 0.573 e. The average molecular weight is 263 g/mol. The molecule has 2 rings (SSSR count). The van der Waals surface area contributed by atoms with E-state index >= 15 is 0 Å². The van der Waals surface area contributed by atoms with E-state index in [1.807, 2.05) is 0 Å². The highest BCUT2D eigenvalue weighted by Crippen LogP contribution is 2.23. The summed E-state index contributed by atoms with van der Waals surface area (Å²) in [4.78, 5) is 0. The SMILES string of the molecule is FC(F)(F)Oc1ccc(-n2cc(Cl)cn2)cc1. The van der Waals surface area contributed by atoms with Crippen molar-refractivity contribution in [1.29, 1.82) is 0 Å². The normalized spacial score (nSPS) is 11.5. The van der Waals surface area contributed by atoms with E-state index in [2.05, 4.69) is 9.84 Å². The summed E-state index contributed by atoms with van der Waals surface area (Å²) in [5, 5.41) is 4.36. The molecule has 1 aromatic heterocycles. The number of alkyl halides is 3. The van der Waals surface area contributed by atoms with Crippen LogP contribution in [-0.2, 0) is 0 Å². The molecule has 7 heteroatoms. The number of aromatic nitrogens is 2. The van der Waals surface area contributed by atoms with Gasteiger partial charge in [0.1, 0.15) is 5.75 Å². The van der Waals surface area contributed by atoms with Crippen LogP contribution in [0.5, 0.6) is 5.75 Å². The fourth-order valence-electron chi connectivity index (χ4n) is 1.24. The Morgan fingerprint density at radius 3 is 2.29 bits per heavy atom. The van der Waals surface area contributed by atoms with E-state index in [0.717, 1.165) is 0 Å². The number of halogens is 4. The number of hydrogen-bond donors (Lipinski definition) is 0. The molecule has 1 heterocycles. The Hall–Kier alpha value is -1.69. The highest BCUT2D eigenvalue weighted by molar-refractivity contribution is 6.30. The Kier molecular flexibility index (Phi) is 2.97. The van der Waals surface area contributed by atoms with Crippen LogP contribution in [-0.4, -0.2) is 16.1 Å². The predicted octanol–water partition coefficient (Wildman–Crippen LogP) is 3.42. The molecule has 0 spiro atoms. The molecule has 2 aromatic rings.